The van der Waals surface area contributed by atoms with Crippen molar-refractivity contribution in [3.8, 4) is 5.75 Å². The Balaban J connectivity index is 0.000000952. The Hall–Kier alpha value is -4.47. The van der Waals surface area contributed by atoms with Gasteiger partial charge in [0.2, 0.25) is 11.7 Å². The number of carbonyl (C=O) groups is 5. The Bertz CT molecular complexity index is 1590. The molecule has 0 aliphatic heterocycles. The van der Waals surface area contributed by atoms with E-state index >= 15 is 0 Å². The van der Waals surface area contributed by atoms with E-state index in [2.05, 4.69) is 15.4 Å². The van der Waals surface area contributed by atoms with Crippen molar-refractivity contribution in [2.24, 2.45) is 17.6 Å². The van der Waals surface area contributed by atoms with E-state index < -0.39 is 69.7 Å². The summed E-state index contributed by atoms with van der Waals surface area (Å²) in [5.41, 5.74) is 1.96. The number of aliphatic hydroxyl groups is 3. The number of nitrogens with zero attached hydrogens (tertiary/aromatic N) is 2. The summed E-state index contributed by atoms with van der Waals surface area (Å²) in [6, 6.07) is 0.487. The number of ketones is 2. The molecule has 0 bridgehead atoms. The summed E-state index contributed by atoms with van der Waals surface area (Å²) in [6.45, 7) is 9.26. The van der Waals surface area contributed by atoms with E-state index in [1.54, 1.807) is 46.1 Å². The number of aromatic hydroxyl groups is 1. The Kier molecular flexibility index (Phi) is 11.0. The van der Waals surface area contributed by atoms with E-state index in [0.717, 1.165) is 0 Å². The van der Waals surface area contributed by atoms with Crippen LogP contribution >= 0.6 is 0 Å². The van der Waals surface area contributed by atoms with Crippen LogP contribution in [-0.2, 0) is 30.3 Å². The molecule has 2 amide bonds. The van der Waals surface area contributed by atoms with Crippen LogP contribution in [0.4, 0.5) is 11.4 Å². The monoisotopic (exact) mass is 673 g/mol. The molecule has 3 aliphatic rings. The molecule has 3 aliphatic carbocycles. The number of aliphatic hydroxyl groups excluding tert-OH is 2. The lowest BCUT2D eigenvalue weighted by Gasteiger charge is -2.50. The van der Waals surface area contributed by atoms with Crippen LogP contribution in [0.1, 0.15) is 57.0 Å². The highest BCUT2D eigenvalue weighted by atomic mass is 16.5. The third-order valence-corrected chi connectivity index (χ3v) is 8.58. The number of nitrogens with one attached hydrogen (secondary N) is 2. The van der Waals surface area contributed by atoms with E-state index in [9.17, 15) is 44.4 Å². The molecule has 1 aromatic carbocycles. The number of phenols is 1. The number of hydrogen-bond donors (Lipinski definition) is 7. The third kappa shape index (κ3) is 7.03. The molecule has 0 saturated carbocycles. The maximum atomic E-state index is 14.1. The average molecular weight is 674 g/mol. The van der Waals surface area contributed by atoms with Gasteiger partial charge in [0.05, 0.1) is 30.4 Å². The van der Waals surface area contributed by atoms with Crippen LogP contribution in [0.5, 0.6) is 5.75 Å². The number of benzene rings is 1. The van der Waals surface area contributed by atoms with Gasteiger partial charge < -0.3 is 46.4 Å². The van der Waals surface area contributed by atoms with Gasteiger partial charge in [-0.1, -0.05) is 0 Å². The minimum absolute atomic E-state index is 0.0175. The number of hydrogen-bond acceptors (Lipinski definition) is 13. The molecular formula is C33H47N5O10. The van der Waals surface area contributed by atoms with E-state index in [-0.39, 0.29) is 47.7 Å². The van der Waals surface area contributed by atoms with Crippen LogP contribution in [0.2, 0.25) is 0 Å². The standard InChI is InChI=1S/C29H39N5O8.C4H8O2/c1-28(2,3)31-11-17(35)32-15-10-16(33(4)5)13-8-12-9-14-21(34(6)7)24(38)20(27(30)41)26(40)29(14,42)25(39)18(12)23(37)19(13)22(15)36;1-3-6-4(2)5/h10,12,14,21,31,36,38-39,42H,8-9,11H2,1-7H3,(H2,30,41)(H,32,35);3H2,1-2H3/t12-,14-,21-,29-;/m0./s1. The zero-order valence-electron chi connectivity index (χ0n) is 28.8. The number of carbonyl (C=O) groups excluding carboxylic acids is 5. The van der Waals surface area contributed by atoms with E-state index in [4.69, 9.17) is 5.73 Å². The quantitative estimate of drug-likeness (QED) is 0.122. The molecule has 0 saturated heterocycles. The molecule has 0 heterocycles. The largest absolute Gasteiger partial charge is 0.510 e. The number of anilines is 2. The first-order valence-corrected chi connectivity index (χ1v) is 15.5. The second-order valence-corrected chi connectivity index (χ2v) is 13.6. The van der Waals surface area contributed by atoms with Crippen LogP contribution in [0.25, 0.3) is 0 Å². The fourth-order valence-electron chi connectivity index (χ4n) is 6.54. The highest BCUT2D eigenvalue weighted by Gasteiger charge is 2.63. The van der Waals surface area contributed by atoms with E-state index in [1.807, 2.05) is 20.8 Å². The number of nitrogens with two attached hydrogens (primary N) is 1. The van der Waals surface area contributed by atoms with Crippen molar-refractivity contribution in [1.29, 1.82) is 0 Å². The first kappa shape index (κ1) is 38.0. The molecule has 15 heteroatoms. The zero-order chi connectivity index (χ0) is 36.6. The Labute approximate surface area is 279 Å². The molecule has 15 nitrogen and oxygen atoms in total. The third-order valence-electron chi connectivity index (χ3n) is 8.58. The number of likely N-dealkylation sites (N-methyl/N-ethyl adjacent to an activating group) is 1. The highest BCUT2D eigenvalue weighted by Crippen LogP contribution is 2.53. The van der Waals surface area contributed by atoms with Crippen molar-refractivity contribution >= 4 is 40.7 Å². The first-order valence-electron chi connectivity index (χ1n) is 15.5. The molecule has 264 valence electrons. The summed E-state index contributed by atoms with van der Waals surface area (Å²) >= 11 is 0. The second kappa shape index (κ2) is 13.9. The molecule has 0 aromatic heterocycles. The van der Waals surface area contributed by atoms with Crippen molar-refractivity contribution in [3.05, 3.63) is 39.9 Å². The predicted octanol–water partition coefficient (Wildman–Crippen LogP) is 1.08. The fourth-order valence-corrected chi connectivity index (χ4v) is 6.54. The fraction of sp³-hybridized carbons (Fsp3) is 0.545. The number of amides is 2. The predicted molar refractivity (Wildman–Crippen MR) is 177 cm³/mol. The lowest BCUT2D eigenvalue weighted by molar-refractivity contribution is -0.148. The minimum Gasteiger partial charge on any atom is -0.510 e. The number of fused-ring (bicyclic) bond motifs is 3. The van der Waals surface area contributed by atoms with Gasteiger partial charge in [-0.25, -0.2) is 0 Å². The minimum atomic E-state index is -2.73. The van der Waals surface area contributed by atoms with Gasteiger partial charge in [0.25, 0.3) is 5.91 Å². The molecule has 48 heavy (non-hydrogen) atoms. The van der Waals surface area contributed by atoms with Crippen LogP contribution in [0, 0.1) is 11.8 Å². The number of esters is 1. The molecule has 4 rings (SSSR count). The van der Waals surface area contributed by atoms with Gasteiger partial charge >= 0.3 is 5.97 Å². The van der Waals surface area contributed by atoms with Gasteiger partial charge in [0.15, 0.2) is 17.1 Å². The molecule has 0 unspecified atom stereocenters. The molecule has 0 radical (unpaired) electrons. The van der Waals surface area contributed by atoms with Crippen LogP contribution in [0.3, 0.4) is 0 Å². The number of allylic oxidation sites excluding steroid dienone is 1. The Morgan fingerprint density at radius 1 is 1.10 bits per heavy atom. The molecule has 8 N–H and O–H groups in total. The lowest BCUT2D eigenvalue weighted by atomic mass is 9.58. The van der Waals surface area contributed by atoms with Gasteiger partial charge in [-0.3, -0.25) is 28.9 Å². The number of Topliss-reactive ketones (excluding diaryl/α,β-unsaturated/α-hetero) is 2. The van der Waals surface area contributed by atoms with Crippen molar-refractivity contribution in [2.75, 3.05) is 51.6 Å². The second-order valence-electron chi connectivity index (χ2n) is 13.6. The Morgan fingerprint density at radius 2 is 1.71 bits per heavy atom. The number of primary amides is 1. The number of ether oxygens (including phenoxy) is 1. The summed E-state index contributed by atoms with van der Waals surface area (Å²) < 4.78 is 4.40. The van der Waals surface area contributed by atoms with Crippen LogP contribution < -0.4 is 21.3 Å². The van der Waals surface area contributed by atoms with Gasteiger partial charge in [0.1, 0.15) is 17.1 Å². The molecule has 4 atom stereocenters. The molecular weight excluding hydrogens is 626 g/mol. The smallest absolute Gasteiger partial charge is 0.302 e. The van der Waals surface area contributed by atoms with Crippen molar-refractivity contribution < 1.29 is 49.1 Å². The van der Waals surface area contributed by atoms with Crippen LogP contribution in [-0.4, -0.2) is 113 Å². The van der Waals surface area contributed by atoms with Gasteiger partial charge in [0, 0.05) is 43.7 Å². The van der Waals surface area contributed by atoms with Crippen molar-refractivity contribution in [3.63, 3.8) is 0 Å². The van der Waals surface area contributed by atoms with Gasteiger partial charge in [-0.15, -0.1) is 0 Å². The zero-order valence-corrected chi connectivity index (χ0v) is 28.8. The SMILES string of the molecule is CCOC(C)=O.CN(C)c1cc(NC(=O)CNC(C)(C)C)c(O)c2c1C[C@H]1C[C@H]3[C@H](N(C)C)C(O)=C(C(N)=O)C(=O)[C@@]3(O)C(O)=C1C2=O. The normalized spacial score (nSPS) is 23.4. The van der Waals surface area contributed by atoms with E-state index in [1.165, 1.54) is 11.8 Å². The molecule has 0 spiro atoms. The first-order chi connectivity index (χ1) is 22.1. The van der Waals surface area contributed by atoms with Crippen molar-refractivity contribution in [2.45, 2.75) is 64.6 Å². The molecule has 0 fully saturated rings. The number of phenolic OH excluding ortho intramolecular Hbond substituents is 1. The van der Waals surface area contributed by atoms with E-state index in [0.29, 0.717) is 17.9 Å². The Morgan fingerprint density at radius 3 is 2.17 bits per heavy atom. The maximum absolute atomic E-state index is 14.1. The summed E-state index contributed by atoms with van der Waals surface area (Å²) in [5.74, 6) is -8.00. The summed E-state index contributed by atoms with van der Waals surface area (Å²) in [4.78, 5) is 65.4. The number of rotatable bonds is 7. The lowest BCUT2D eigenvalue weighted by Crippen LogP contribution is -2.63. The topological polar surface area (TPSA) is 232 Å². The highest BCUT2D eigenvalue weighted by molar-refractivity contribution is 6.25. The van der Waals surface area contributed by atoms with Gasteiger partial charge in [-0.05, 0) is 72.2 Å². The maximum Gasteiger partial charge on any atom is 0.302 e. The average Bonchev–Trinajstić information content (AvgIpc) is 2.94. The summed E-state index contributed by atoms with van der Waals surface area (Å²) in [7, 11) is 6.62. The van der Waals surface area contributed by atoms with Crippen molar-refractivity contribution in [1.82, 2.24) is 10.2 Å². The van der Waals surface area contributed by atoms with Crippen LogP contribution in [0.15, 0.2) is 28.7 Å². The van der Waals surface area contributed by atoms with Gasteiger partial charge in [-0.2, -0.15) is 0 Å². The summed E-state index contributed by atoms with van der Waals surface area (Å²) in [6.07, 6.45) is 0.117. The summed E-state index contributed by atoms with van der Waals surface area (Å²) in [5, 5.41) is 51.1. The molecule has 1 aromatic rings.